The molecule has 0 aliphatic rings. The number of para-hydroxylation sites is 1. The molecule has 1 aromatic carbocycles. The molecule has 0 atom stereocenters. The number of hydrogen-bond acceptors (Lipinski definition) is 3. The van der Waals surface area contributed by atoms with Crippen molar-refractivity contribution in [1.82, 2.24) is 0 Å². The van der Waals surface area contributed by atoms with Crippen LogP contribution < -0.4 is 5.32 Å². The van der Waals surface area contributed by atoms with Crippen molar-refractivity contribution in [1.29, 1.82) is 0 Å². The predicted molar refractivity (Wildman–Crippen MR) is 60.8 cm³/mol. The predicted octanol–water partition coefficient (Wildman–Crippen LogP) is 1.74. The number of anilines is 1. The van der Waals surface area contributed by atoms with E-state index >= 15 is 0 Å². The summed E-state index contributed by atoms with van der Waals surface area (Å²) in [6.45, 7) is 4.72. The Kier molecular flexibility index (Phi) is 4.27. The highest BCUT2D eigenvalue weighted by molar-refractivity contribution is 6.03. The van der Waals surface area contributed by atoms with Crippen molar-refractivity contribution >= 4 is 17.6 Å². The first-order valence-electron chi connectivity index (χ1n) is 4.77. The van der Waals surface area contributed by atoms with Gasteiger partial charge in [0.1, 0.15) is 6.61 Å². The van der Waals surface area contributed by atoms with E-state index in [2.05, 4.69) is 16.6 Å². The highest BCUT2D eigenvalue weighted by Crippen LogP contribution is 2.06. The van der Waals surface area contributed by atoms with Crippen molar-refractivity contribution in [3.63, 3.8) is 0 Å². The second-order valence-electron chi connectivity index (χ2n) is 3.20. The molecule has 0 spiro atoms. The minimum absolute atomic E-state index is 0.0893. The van der Waals surface area contributed by atoms with Gasteiger partial charge >= 0.3 is 5.97 Å². The van der Waals surface area contributed by atoms with E-state index in [4.69, 9.17) is 0 Å². The van der Waals surface area contributed by atoms with Crippen LogP contribution in [0.2, 0.25) is 0 Å². The van der Waals surface area contributed by atoms with Crippen LogP contribution in [0.1, 0.15) is 6.92 Å². The van der Waals surface area contributed by atoms with Gasteiger partial charge < -0.3 is 10.1 Å². The standard InChI is InChI=1S/C12H13NO3/c1-9(8-16-10(2)14)12(15)13-11-6-4-3-5-7-11/h3-7H,1,8H2,2H3,(H,13,15). The van der Waals surface area contributed by atoms with Gasteiger partial charge in [-0.25, -0.2) is 0 Å². The van der Waals surface area contributed by atoms with E-state index in [9.17, 15) is 9.59 Å². The maximum atomic E-state index is 11.5. The first-order valence-corrected chi connectivity index (χ1v) is 4.77. The normalized spacial score (nSPS) is 9.31. The van der Waals surface area contributed by atoms with E-state index in [1.165, 1.54) is 6.92 Å². The van der Waals surface area contributed by atoms with Crippen LogP contribution >= 0.6 is 0 Å². The van der Waals surface area contributed by atoms with Gasteiger partial charge in [0.2, 0.25) is 0 Å². The lowest BCUT2D eigenvalue weighted by Gasteiger charge is -2.07. The maximum absolute atomic E-state index is 11.5. The van der Waals surface area contributed by atoms with Crippen LogP contribution in [-0.4, -0.2) is 18.5 Å². The Bertz CT molecular complexity index is 398. The average Bonchev–Trinajstić information content (AvgIpc) is 2.27. The zero-order valence-electron chi connectivity index (χ0n) is 9.03. The summed E-state index contributed by atoms with van der Waals surface area (Å²) in [5.41, 5.74) is 0.885. The molecule has 4 heteroatoms. The lowest BCUT2D eigenvalue weighted by Crippen LogP contribution is -2.18. The molecule has 1 rings (SSSR count). The van der Waals surface area contributed by atoms with Crippen molar-refractivity contribution in [2.24, 2.45) is 0 Å². The molecule has 1 N–H and O–H groups in total. The first-order chi connectivity index (χ1) is 7.59. The molecule has 0 radical (unpaired) electrons. The van der Waals surface area contributed by atoms with Gasteiger partial charge in [0, 0.05) is 18.2 Å². The van der Waals surface area contributed by atoms with Crippen LogP contribution in [0.25, 0.3) is 0 Å². The van der Waals surface area contributed by atoms with Crippen LogP contribution in [-0.2, 0) is 14.3 Å². The number of benzene rings is 1. The monoisotopic (exact) mass is 219 g/mol. The van der Waals surface area contributed by atoms with E-state index in [1.54, 1.807) is 12.1 Å². The van der Waals surface area contributed by atoms with E-state index in [-0.39, 0.29) is 18.1 Å². The van der Waals surface area contributed by atoms with Gasteiger partial charge in [0.15, 0.2) is 0 Å². The van der Waals surface area contributed by atoms with Gasteiger partial charge in [-0.3, -0.25) is 9.59 Å². The fourth-order valence-corrected chi connectivity index (χ4v) is 0.995. The van der Waals surface area contributed by atoms with Crippen molar-refractivity contribution in [3.05, 3.63) is 42.5 Å². The highest BCUT2D eigenvalue weighted by Gasteiger charge is 2.08. The van der Waals surface area contributed by atoms with Crippen LogP contribution in [0.3, 0.4) is 0 Å². The quantitative estimate of drug-likeness (QED) is 0.620. The lowest BCUT2D eigenvalue weighted by molar-refractivity contribution is -0.140. The number of nitrogens with one attached hydrogen (secondary N) is 1. The molecule has 1 aromatic rings. The summed E-state index contributed by atoms with van der Waals surface area (Å²) >= 11 is 0. The third kappa shape index (κ3) is 3.96. The van der Waals surface area contributed by atoms with Crippen molar-refractivity contribution in [2.75, 3.05) is 11.9 Å². The van der Waals surface area contributed by atoms with Gasteiger partial charge in [-0.15, -0.1) is 0 Å². The van der Waals surface area contributed by atoms with Gasteiger partial charge in [-0.05, 0) is 12.1 Å². The summed E-state index contributed by atoms with van der Waals surface area (Å²) in [6, 6.07) is 8.99. The Labute approximate surface area is 93.9 Å². The number of rotatable bonds is 4. The molecule has 0 saturated heterocycles. The molecule has 0 heterocycles. The zero-order valence-corrected chi connectivity index (χ0v) is 9.03. The van der Waals surface area contributed by atoms with Crippen molar-refractivity contribution in [2.45, 2.75) is 6.92 Å². The summed E-state index contributed by atoms with van der Waals surface area (Å²) in [6.07, 6.45) is 0. The minimum Gasteiger partial charge on any atom is -0.461 e. The second kappa shape index (κ2) is 5.70. The number of ether oxygens (including phenoxy) is 1. The van der Waals surface area contributed by atoms with Gasteiger partial charge in [0.25, 0.3) is 5.91 Å². The van der Waals surface area contributed by atoms with E-state index in [0.29, 0.717) is 5.69 Å². The summed E-state index contributed by atoms with van der Waals surface area (Å²) in [7, 11) is 0. The largest absolute Gasteiger partial charge is 0.461 e. The van der Waals surface area contributed by atoms with Crippen LogP contribution in [0.4, 0.5) is 5.69 Å². The summed E-state index contributed by atoms with van der Waals surface area (Å²) in [5.74, 6) is -0.791. The molecule has 0 fully saturated rings. The molecule has 0 aromatic heterocycles. The Morgan fingerprint density at radius 1 is 1.31 bits per heavy atom. The summed E-state index contributed by atoms with van der Waals surface area (Å²) < 4.78 is 4.66. The molecular weight excluding hydrogens is 206 g/mol. The topological polar surface area (TPSA) is 55.4 Å². The van der Waals surface area contributed by atoms with Gasteiger partial charge in [-0.1, -0.05) is 24.8 Å². The molecule has 0 aliphatic heterocycles. The molecule has 84 valence electrons. The number of hydrogen-bond donors (Lipinski definition) is 1. The molecule has 1 amide bonds. The zero-order chi connectivity index (χ0) is 12.0. The Morgan fingerprint density at radius 2 is 1.94 bits per heavy atom. The number of carbonyl (C=O) groups excluding carboxylic acids is 2. The fourth-order valence-electron chi connectivity index (χ4n) is 0.995. The number of amides is 1. The molecule has 0 bridgehead atoms. The second-order valence-corrected chi connectivity index (χ2v) is 3.20. The SMILES string of the molecule is C=C(COC(C)=O)C(=O)Nc1ccccc1. The van der Waals surface area contributed by atoms with Crippen LogP contribution in [0.15, 0.2) is 42.5 Å². The molecule has 4 nitrogen and oxygen atoms in total. The lowest BCUT2D eigenvalue weighted by atomic mass is 10.2. The number of carbonyl (C=O) groups is 2. The molecular formula is C12H13NO3. The van der Waals surface area contributed by atoms with Crippen molar-refractivity contribution in [3.8, 4) is 0 Å². The molecule has 0 aliphatic carbocycles. The van der Waals surface area contributed by atoms with Crippen LogP contribution in [0, 0.1) is 0 Å². The highest BCUT2D eigenvalue weighted by atomic mass is 16.5. The molecule has 0 unspecified atom stereocenters. The van der Waals surface area contributed by atoms with E-state index in [1.807, 2.05) is 18.2 Å². The summed E-state index contributed by atoms with van der Waals surface area (Å²) in [4.78, 5) is 22.1. The minimum atomic E-state index is -0.436. The van der Waals surface area contributed by atoms with Gasteiger partial charge in [-0.2, -0.15) is 0 Å². The number of esters is 1. The summed E-state index contributed by atoms with van der Waals surface area (Å²) in [5, 5.41) is 2.64. The molecule has 0 saturated carbocycles. The van der Waals surface area contributed by atoms with Gasteiger partial charge in [0.05, 0.1) is 0 Å². The van der Waals surface area contributed by atoms with Crippen molar-refractivity contribution < 1.29 is 14.3 Å². The third-order valence-electron chi connectivity index (χ3n) is 1.80. The average molecular weight is 219 g/mol. The van der Waals surface area contributed by atoms with Crippen LogP contribution in [0.5, 0.6) is 0 Å². The van der Waals surface area contributed by atoms with E-state index in [0.717, 1.165) is 0 Å². The fraction of sp³-hybridized carbons (Fsp3) is 0.167. The third-order valence-corrected chi connectivity index (χ3v) is 1.80. The van der Waals surface area contributed by atoms with E-state index < -0.39 is 5.97 Å². The smallest absolute Gasteiger partial charge is 0.302 e. The Balaban J connectivity index is 2.46. The first kappa shape index (κ1) is 12.0. The molecule has 16 heavy (non-hydrogen) atoms. The Morgan fingerprint density at radius 3 is 2.50 bits per heavy atom. The maximum Gasteiger partial charge on any atom is 0.302 e. The Hall–Kier alpha value is -2.10.